The molecule has 0 amide bonds. The zero-order valence-corrected chi connectivity index (χ0v) is 18.1. The first-order chi connectivity index (χ1) is 16.6. The zero-order chi connectivity index (χ0) is 23.9. The number of rotatable bonds is 8. The van der Waals surface area contributed by atoms with Crippen molar-refractivity contribution >= 4 is 17.5 Å². The van der Waals surface area contributed by atoms with Crippen LogP contribution in [0.2, 0.25) is 0 Å². The summed E-state index contributed by atoms with van der Waals surface area (Å²) in [6.07, 6.45) is 1.19. The van der Waals surface area contributed by atoms with Gasteiger partial charge in [0.1, 0.15) is 12.1 Å². The molecule has 0 fully saturated rings. The number of carbonyl (C=O) groups excluding carboxylic acids is 1. The first-order valence-electron chi connectivity index (χ1n) is 10.3. The molecule has 0 radical (unpaired) electrons. The average Bonchev–Trinajstić information content (AvgIpc) is 2.88. The predicted octanol–water partition coefficient (Wildman–Crippen LogP) is 5.17. The molecule has 0 aliphatic carbocycles. The summed E-state index contributed by atoms with van der Waals surface area (Å²) < 4.78 is 10.4. The maximum absolute atomic E-state index is 12.0. The molecule has 0 aliphatic heterocycles. The van der Waals surface area contributed by atoms with Crippen molar-refractivity contribution in [3.05, 3.63) is 118 Å². The molecule has 0 atom stereocenters. The number of hydrogen-bond donors (Lipinski definition) is 1. The molecule has 4 aromatic rings. The first-order valence-corrected chi connectivity index (χ1v) is 10.3. The van der Waals surface area contributed by atoms with E-state index in [0.717, 1.165) is 11.1 Å². The molecule has 3 aromatic carbocycles. The number of aromatic nitrogens is 2. The minimum atomic E-state index is -0.590. The summed E-state index contributed by atoms with van der Waals surface area (Å²) in [7, 11) is 1.28. The lowest BCUT2D eigenvalue weighted by molar-refractivity contribution is -0.385. The number of hydrogen-bond acceptors (Lipinski definition) is 8. The van der Waals surface area contributed by atoms with Gasteiger partial charge in [-0.2, -0.15) is 4.98 Å². The maximum atomic E-state index is 12.0. The van der Waals surface area contributed by atoms with E-state index in [2.05, 4.69) is 20.0 Å². The molecule has 9 nitrogen and oxygen atoms in total. The van der Waals surface area contributed by atoms with Crippen LogP contribution >= 0.6 is 0 Å². The summed E-state index contributed by atoms with van der Waals surface area (Å²) in [6, 6.07) is 24.7. The van der Waals surface area contributed by atoms with Gasteiger partial charge in [-0.05, 0) is 35.4 Å². The third-order valence-electron chi connectivity index (χ3n) is 5.01. The standard InChI is InChI=1S/C25H20N4O5/c1-33-25(30)19-12-14-20(15-13-19)34-24-22(29(31)32)23(26-16-27-24)28-21(17-8-4-2-5-9-17)18-10-6-3-7-11-18/h2-16,21H,1H3,(H,26,27,28). The highest BCUT2D eigenvalue weighted by Crippen LogP contribution is 2.37. The van der Waals surface area contributed by atoms with E-state index in [9.17, 15) is 14.9 Å². The van der Waals surface area contributed by atoms with Gasteiger partial charge in [-0.15, -0.1) is 0 Å². The highest BCUT2D eigenvalue weighted by atomic mass is 16.6. The lowest BCUT2D eigenvalue weighted by atomic mass is 9.99. The van der Waals surface area contributed by atoms with Crippen LogP contribution in [0.4, 0.5) is 11.5 Å². The molecule has 0 spiro atoms. The third-order valence-corrected chi connectivity index (χ3v) is 5.01. The van der Waals surface area contributed by atoms with Gasteiger partial charge < -0.3 is 14.8 Å². The predicted molar refractivity (Wildman–Crippen MR) is 125 cm³/mol. The van der Waals surface area contributed by atoms with Gasteiger partial charge in [-0.3, -0.25) is 10.1 Å². The Hall–Kier alpha value is -4.79. The van der Waals surface area contributed by atoms with Crippen LogP contribution in [0.15, 0.2) is 91.3 Å². The van der Waals surface area contributed by atoms with Crippen molar-refractivity contribution in [2.45, 2.75) is 6.04 Å². The molecule has 170 valence electrons. The molecule has 1 aromatic heterocycles. The fraction of sp³-hybridized carbons (Fsp3) is 0.0800. The van der Waals surface area contributed by atoms with E-state index in [1.54, 1.807) is 0 Å². The molecule has 1 N–H and O–H groups in total. The van der Waals surface area contributed by atoms with E-state index in [1.165, 1.54) is 37.7 Å². The highest BCUT2D eigenvalue weighted by molar-refractivity contribution is 5.89. The van der Waals surface area contributed by atoms with E-state index in [-0.39, 0.29) is 17.4 Å². The number of carbonyl (C=O) groups is 1. The lowest BCUT2D eigenvalue weighted by Crippen LogP contribution is -2.15. The third kappa shape index (κ3) is 4.99. The average molecular weight is 456 g/mol. The lowest BCUT2D eigenvalue weighted by Gasteiger charge is -2.20. The van der Waals surface area contributed by atoms with Crippen molar-refractivity contribution in [3.63, 3.8) is 0 Å². The summed E-state index contributed by atoms with van der Waals surface area (Å²) in [5.74, 6) is -0.450. The van der Waals surface area contributed by atoms with Gasteiger partial charge in [0, 0.05) is 0 Å². The fourth-order valence-corrected chi connectivity index (χ4v) is 3.38. The fourth-order valence-electron chi connectivity index (χ4n) is 3.38. The molecule has 0 unspecified atom stereocenters. The molecular weight excluding hydrogens is 436 g/mol. The number of ether oxygens (including phenoxy) is 2. The Morgan fingerprint density at radius 1 is 0.912 bits per heavy atom. The number of nitrogens with zero attached hydrogens (tertiary/aromatic N) is 3. The molecule has 0 saturated heterocycles. The van der Waals surface area contributed by atoms with Crippen LogP contribution in [0.1, 0.15) is 27.5 Å². The van der Waals surface area contributed by atoms with Crippen LogP contribution in [0.3, 0.4) is 0 Å². The number of nitrogens with one attached hydrogen (secondary N) is 1. The second-order valence-electron chi connectivity index (χ2n) is 7.15. The van der Waals surface area contributed by atoms with Crippen molar-refractivity contribution in [2.24, 2.45) is 0 Å². The van der Waals surface area contributed by atoms with Gasteiger partial charge in [0.05, 0.1) is 23.6 Å². The maximum Gasteiger partial charge on any atom is 0.373 e. The van der Waals surface area contributed by atoms with Gasteiger partial charge >= 0.3 is 17.5 Å². The SMILES string of the molecule is COC(=O)c1ccc(Oc2ncnc(NC(c3ccccc3)c3ccccc3)c2[N+](=O)[O-])cc1. The quantitative estimate of drug-likeness (QED) is 0.219. The molecule has 9 heteroatoms. The van der Waals surface area contributed by atoms with E-state index >= 15 is 0 Å². The Morgan fingerprint density at radius 3 is 2.03 bits per heavy atom. The van der Waals surface area contributed by atoms with Gasteiger partial charge in [0.15, 0.2) is 0 Å². The Bertz CT molecular complexity index is 1240. The van der Waals surface area contributed by atoms with E-state index in [1.807, 2.05) is 60.7 Å². The van der Waals surface area contributed by atoms with Crippen molar-refractivity contribution in [3.8, 4) is 11.6 Å². The minimum absolute atomic E-state index is 0.0129. The molecule has 0 aliphatic rings. The second-order valence-corrected chi connectivity index (χ2v) is 7.15. The number of benzene rings is 3. The van der Waals surface area contributed by atoms with Crippen molar-refractivity contribution in [1.29, 1.82) is 0 Å². The van der Waals surface area contributed by atoms with Crippen molar-refractivity contribution in [1.82, 2.24) is 9.97 Å². The smallest absolute Gasteiger partial charge is 0.373 e. The van der Waals surface area contributed by atoms with Crippen LogP contribution in [-0.2, 0) is 4.74 Å². The summed E-state index contributed by atoms with van der Waals surface area (Å²) >= 11 is 0. The normalized spacial score (nSPS) is 10.5. The van der Waals surface area contributed by atoms with E-state index in [0.29, 0.717) is 5.56 Å². The van der Waals surface area contributed by atoms with Crippen LogP contribution in [0.25, 0.3) is 0 Å². The van der Waals surface area contributed by atoms with Crippen LogP contribution in [0.5, 0.6) is 11.6 Å². The van der Waals surface area contributed by atoms with Crippen molar-refractivity contribution < 1.29 is 19.2 Å². The molecule has 0 saturated carbocycles. The van der Waals surface area contributed by atoms with Crippen LogP contribution < -0.4 is 10.1 Å². The van der Waals surface area contributed by atoms with Crippen molar-refractivity contribution in [2.75, 3.05) is 12.4 Å². The summed E-state index contributed by atoms with van der Waals surface area (Å²) in [5.41, 5.74) is 1.73. The molecular formula is C25H20N4O5. The number of methoxy groups -OCH3 is 1. The van der Waals surface area contributed by atoms with Crippen LogP contribution in [0, 0.1) is 10.1 Å². The largest absolute Gasteiger partial charge is 0.465 e. The van der Waals surface area contributed by atoms with Gasteiger partial charge in [0.25, 0.3) is 0 Å². The van der Waals surface area contributed by atoms with Crippen LogP contribution in [-0.4, -0.2) is 28.0 Å². The first kappa shape index (κ1) is 22.4. The number of nitro groups is 1. The number of esters is 1. The minimum Gasteiger partial charge on any atom is -0.465 e. The summed E-state index contributed by atoms with van der Waals surface area (Å²) in [6.45, 7) is 0. The van der Waals surface area contributed by atoms with E-state index in [4.69, 9.17) is 4.74 Å². The Labute approximate surface area is 195 Å². The molecule has 0 bridgehead atoms. The molecule has 34 heavy (non-hydrogen) atoms. The Balaban J connectivity index is 1.69. The van der Waals surface area contributed by atoms with Gasteiger partial charge in [0.2, 0.25) is 5.82 Å². The molecule has 4 rings (SSSR count). The zero-order valence-electron chi connectivity index (χ0n) is 18.1. The summed E-state index contributed by atoms with van der Waals surface area (Å²) in [5, 5.41) is 15.2. The highest BCUT2D eigenvalue weighted by Gasteiger charge is 2.27. The Morgan fingerprint density at radius 2 is 1.50 bits per heavy atom. The van der Waals surface area contributed by atoms with E-state index < -0.39 is 22.6 Å². The number of anilines is 1. The monoisotopic (exact) mass is 456 g/mol. The van der Waals surface area contributed by atoms with Gasteiger partial charge in [-0.1, -0.05) is 60.7 Å². The van der Waals surface area contributed by atoms with Gasteiger partial charge in [-0.25, -0.2) is 9.78 Å². The Kier molecular flexibility index (Phi) is 6.73. The topological polar surface area (TPSA) is 116 Å². The summed E-state index contributed by atoms with van der Waals surface area (Å²) in [4.78, 5) is 31.2. The second kappa shape index (κ2) is 10.2. The molecule has 1 heterocycles.